The zero-order chi connectivity index (χ0) is 36.1. The minimum Gasteiger partial charge on any atom is -0.237 e. The topological polar surface area (TPSA) is 104 Å². The monoisotopic (exact) mass is 672 g/mol. The van der Waals surface area contributed by atoms with E-state index < -0.39 is 137 Å². The lowest BCUT2D eigenvalue weighted by molar-refractivity contribution is 0.446. The van der Waals surface area contributed by atoms with E-state index in [1.807, 2.05) is 0 Å². The van der Waals surface area contributed by atoms with E-state index in [0.29, 0.717) is 0 Å². The highest BCUT2D eigenvalue weighted by atomic mass is 19.2. The second kappa shape index (κ2) is 12.1. The summed E-state index contributed by atoms with van der Waals surface area (Å²) in [6.07, 6.45) is 0. The molecule has 234 valence electrons. The van der Waals surface area contributed by atoms with Crippen LogP contribution >= 0.6 is 0 Å². The Balaban J connectivity index is 2.38. The maximum Gasteiger partial charge on any atom is 0.262 e. The Bertz CT molecular complexity index is 2070. The molecule has 0 radical (unpaired) electrons. The van der Waals surface area contributed by atoms with Crippen molar-refractivity contribution in [3.05, 3.63) is 137 Å². The number of rotatable bonds is 3. The first kappa shape index (κ1) is 33.9. The Labute approximate surface area is 258 Å². The van der Waals surface area contributed by atoms with Gasteiger partial charge in [-0.1, -0.05) is 0 Å². The van der Waals surface area contributed by atoms with Crippen LogP contribution in [0.4, 0.5) is 58.4 Å². The van der Waals surface area contributed by atoms with Gasteiger partial charge in [-0.3, -0.25) is 0 Å². The molecule has 1 aliphatic rings. The van der Waals surface area contributed by atoms with Gasteiger partial charge in [-0.05, 0) is 16.7 Å². The van der Waals surface area contributed by atoms with Crippen LogP contribution in [0, 0.1) is 128 Å². The van der Waals surface area contributed by atoms with E-state index in [-0.39, 0.29) is 0 Å². The fourth-order valence-electron chi connectivity index (χ4n) is 4.46. The zero-order valence-corrected chi connectivity index (χ0v) is 22.2. The molecule has 0 amide bonds. The summed E-state index contributed by atoms with van der Waals surface area (Å²) < 4.78 is 177. The fraction of sp³-hybridized carbons (Fsp3) is 0. The van der Waals surface area contributed by atoms with Crippen LogP contribution in [-0.2, 0) is 0 Å². The Hall–Kier alpha value is -7.02. The van der Waals surface area contributed by atoms with Gasteiger partial charge in [-0.2, -0.15) is 21.0 Å². The van der Waals surface area contributed by atoms with Crippen molar-refractivity contribution in [3.8, 4) is 24.3 Å². The van der Waals surface area contributed by atoms with E-state index in [1.165, 1.54) is 0 Å². The van der Waals surface area contributed by atoms with Crippen LogP contribution in [0.1, 0.15) is 27.8 Å². The van der Waals surface area contributed by atoms with Gasteiger partial charge in [0.25, 0.3) is 5.69 Å². The number of nitriles is 4. The average Bonchev–Trinajstić information content (AvgIpc) is 3.78. The summed E-state index contributed by atoms with van der Waals surface area (Å²) in [5, 5.41) is 37.3. The summed E-state index contributed by atoms with van der Waals surface area (Å²) in [6, 6.07) is 3.47. The van der Waals surface area contributed by atoms with Crippen LogP contribution in [0.5, 0.6) is 0 Å². The highest BCUT2D eigenvalue weighted by Crippen LogP contribution is 2.58. The van der Waals surface area contributed by atoms with Crippen LogP contribution in [0.15, 0.2) is 16.7 Å². The normalized spacial score (nSPS) is 14.9. The van der Waals surface area contributed by atoms with Crippen LogP contribution in [0.25, 0.3) is 26.5 Å². The molecule has 0 atom stereocenters. The smallest absolute Gasteiger partial charge is 0.237 e. The molecule has 0 spiro atoms. The molecular weight excluding hydrogens is 672 g/mol. The van der Waals surface area contributed by atoms with Gasteiger partial charge in [0.1, 0.15) is 35.4 Å². The van der Waals surface area contributed by atoms with Crippen molar-refractivity contribution in [1.82, 2.24) is 0 Å². The Morgan fingerprint density at radius 2 is 0.750 bits per heavy atom. The maximum atomic E-state index is 15.0. The van der Waals surface area contributed by atoms with Crippen molar-refractivity contribution in [3.63, 3.8) is 0 Å². The van der Waals surface area contributed by atoms with Crippen molar-refractivity contribution in [2.24, 2.45) is 0 Å². The molecular formula is C30F12N6. The van der Waals surface area contributed by atoms with Crippen LogP contribution < -0.4 is 0 Å². The van der Waals surface area contributed by atoms with E-state index >= 15 is 26.3 Å². The minimum atomic E-state index is -2.52. The van der Waals surface area contributed by atoms with Crippen molar-refractivity contribution in [1.29, 1.82) is 21.0 Å². The first-order valence-corrected chi connectivity index (χ1v) is 11.8. The zero-order valence-electron chi connectivity index (χ0n) is 22.2. The van der Waals surface area contributed by atoms with Gasteiger partial charge in [0, 0.05) is 0 Å². The molecule has 3 aromatic rings. The molecule has 6 nitrogen and oxygen atoms in total. The molecule has 0 unspecified atom stereocenters. The van der Waals surface area contributed by atoms with Crippen LogP contribution in [0.2, 0.25) is 0 Å². The lowest BCUT2D eigenvalue weighted by atomic mass is 9.99. The molecule has 18 heteroatoms. The number of benzene rings is 3. The molecule has 0 bridgehead atoms. The molecule has 1 fully saturated rings. The lowest BCUT2D eigenvalue weighted by Gasteiger charge is -2.08. The number of allylic oxidation sites excluding steroid dienone is 5. The molecule has 0 aromatic heterocycles. The van der Waals surface area contributed by atoms with Crippen molar-refractivity contribution in [2.45, 2.75) is 0 Å². The third-order valence-electron chi connectivity index (χ3n) is 6.60. The van der Waals surface area contributed by atoms with Gasteiger partial charge in [0.15, 0.2) is 69.8 Å². The Morgan fingerprint density at radius 3 is 1.02 bits per heavy atom. The first-order chi connectivity index (χ1) is 22.6. The molecule has 4 rings (SSSR count). The molecule has 3 aromatic carbocycles. The molecule has 48 heavy (non-hydrogen) atoms. The maximum absolute atomic E-state index is 15.0. The minimum absolute atomic E-state index is 0.771. The fourth-order valence-corrected chi connectivity index (χ4v) is 4.46. The van der Waals surface area contributed by atoms with E-state index in [2.05, 4.69) is 9.69 Å². The number of nitrogens with zero attached hydrogens (tertiary/aromatic N) is 6. The standard InChI is InChI=1S/C30F12N6/c1-47-29(16-25(39)19(33)10(6-46)20(34)26(16)40)15-11(7(3-43)13-21(35)17(31)9(5-45)18(32)22(13)36)12(15)8(4-44)14-23(37)27(41)30(48-2)28(42)24(14)38/b11-7+,12-8-,29-15-. The summed E-state index contributed by atoms with van der Waals surface area (Å²) in [7, 11) is 0. The Kier molecular flexibility index (Phi) is 8.51. The van der Waals surface area contributed by atoms with Gasteiger partial charge in [0.2, 0.25) is 5.70 Å². The third-order valence-corrected chi connectivity index (χ3v) is 6.60. The molecule has 0 saturated heterocycles. The molecule has 0 heterocycles. The van der Waals surface area contributed by atoms with E-state index in [0.717, 1.165) is 24.3 Å². The van der Waals surface area contributed by atoms with E-state index in [9.17, 15) is 36.9 Å². The summed E-state index contributed by atoms with van der Waals surface area (Å²) in [4.78, 5) is 4.84. The van der Waals surface area contributed by atoms with Gasteiger partial charge in [0.05, 0.1) is 41.0 Å². The second-order valence-corrected chi connectivity index (χ2v) is 8.89. The first-order valence-electron chi connectivity index (χ1n) is 11.8. The van der Waals surface area contributed by atoms with Crippen molar-refractivity contribution in [2.75, 3.05) is 0 Å². The van der Waals surface area contributed by atoms with E-state index in [1.54, 1.807) is 0 Å². The highest BCUT2D eigenvalue weighted by Gasteiger charge is 2.46. The quantitative estimate of drug-likeness (QED) is 0.121. The van der Waals surface area contributed by atoms with Crippen LogP contribution in [-0.4, -0.2) is 0 Å². The number of halogens is 12. The van der Waals surface area contributed by atoms with Crippen LogP contribution in [0.3, 0.4) is 0 Å². The molecule has 1 aliphatic carbocycles. The largest absolute Gasteiger partial charge is 0.262 e. The van der Waals surface area contributed by atoms with E-state index in [4.69, 9.17) is 23.7 Å². The summed E-state index contributed by atoms with van der Waals surface area (Å²) in [5.41, 5.74) is -21.4. The van der Waals surface area contributed by atoms with Gasteiger partial charge in [-0.15, -0.1) is 0 Å². The van der Waals surface area contributed by atoms with Crippen molar-refractivity contribution < 1.29 is 52.7 Å². The van der Waals surface area contributed by atoms with Gasteiger partial charge >= 0.3 is 0 Å². The third kappa shape index (κ3) is 4.57. The number of hydrogen-bond donors (Lipinski definition) is 0. The highest BCUT2D eigenvalue weighted by molar-refractivity contribution is 6.11. The summed E-state index contributed by atoms with van der Waals surface area (Å²) >= 11 is 0. The van der Waals surface area contributed by atoms with Gasteiger partial charge in [-0.25, -0.2) is 62.4 Å². The average molecular weight is 672 g/mol. The predicted octanol–water partition coefficient (Wildman–Crippen LogP) is 8.25. The Morgan fingerprint density at radius 1 is 0.438 bits per heavy atom. The molecule has 0 aliphatic heterocycles. The van der Waals surface area contributed by atoms with Crippen molar-refractivity contribution >= 4 is 22.5 Å². The lowest BCUT2D eigenvalue weighted by Crippen LogP contribution is -2.06. The number of hydrogen-bond acceptors (Lipinski definition) is 4. The molecule has 0 N–H and O–H groups in total. The predicted molar refractivity (Wildman–Crippen MR) is 133 cm³/mol. The SMILES string of the molecule is [C-]#[N+]/C(=C1/C(=C(\C#N)c2c(F)c(F)c(C#N)c(F)c2F)/C1=C(\C#N)c1c(F)c(F)c([N+]#[C-])c(F)c1F)c1c(F)c(F)c(C#N)c(F)c1F. The van der Waals surface area contributed by atoms with Gasteiger partial charge < -0.3 is 0 Å². The molecule has 1 saturated carbocycles. The summed E-state index contributed by atoms with van der Waals surface area (Å²) in [6.45, 7) is 14.1. The second-order valence-electron chi connectivity index (χ2n) is 8.89. The summed E-state index contributed by atoms with van der Waals surface area (Å²) in [5.74, 6) is -29.7.